The molecule has 0 unspecified atom stereocenters. The van der Waals surface area contributed by atoms with E-state index in [-0.39, 0.29) is 0 Å². The second-order valence-corrected chi connectivity index (χ2v) is 7.87. The van der Waals surface area contributed by atoms with Crippen LogP contribution < -0.4 is 0 Å². The Bertz CT molecular complexity index is 1320. The van der Waals surface area contributed by atoms with Gasteiger partial charge in [-0.3, -0.25) is 4.99 Å². The lowest BCUT2D eigenvalue weighted by Crippen LogP contribution is -2.04. The van der Waals surface area contributed by atoms with Crippen LogP contribution in [0.2, 0.25) is 0 Å². The predicted octanol–water partition coefficient (Wildman–Crippen LogP) is 6.73. The summed E-state index contributed by atoms with van der Waals surface area (Å²) in [5, 5.41) is 8.94. The molecular weight excluding hydrogens is 404 g/mol. The third kappa shape index (κ3) is 5.12. The molecule has 4 nitrogen and oxygen atoms in total. The molecule has 1 heterocycles. The zero-order chi connectivity index (χ0) is 23.0. The first-order valence-corrected chi connectivity index (χ1v) is 11.3. The second-order valence-electron chi connectivity index (χ2n) is 7.87. The number of allylic oxidation sites excluding steroid dienone is 1. The van der Waals surface area contributed by atoms with Gasteiger partial charge in [-0.05, 0) is 54.5 Å². The van der Waals surface area contributed by atoms with Gasteiger partial charge in [0.15, 0.2) is 5.82 Å². The van der Waals surface area contributed by atoms with E-state index in [0.29, 0.717) is 11.4 Å². The predicted molar refractivity (Wildman–Crippen MR) is 139 cm³/mol. The first-order valence-electron chi connectivity index (χ1n) is 11.3. The highest BCUT2D eigenvalue weighted by Gasteiger charge is 2.15. The standard InChI is InChI=1S/C29H28N4/c1-3-21-10-8-11-22(18-21)16-17-27-28-25(23-12-6-5-7-13-23)14-9-15-26(28)32-29(33-27)24(19-30)20-31-4-2/h4-15,18-20,30H,3,16-17H2,1-2H3/b24-20+,30-19?,31-4?. The van der Waals surface area contributed by atoms with Crippen LogP contribution in [0.15, 0.2) is 84.0 Å². The summed E-state index contributed by atoms with van der Waals surface area (Å²) in [5.74, 6) is 0.533. The van der Waals surface area contributed by atoms with E-state index in [2.05, 4.69) is 66.5 Å². The Kier molecular flexibility index (Phi) is 7.16. The average molecular weight is 433 g/mol. The summed E-state index contributed by atoms with van der Waals surface area (Å²) in [6, 6.07) is 25.3. The van der Waals surface area contributed by atoms with Gasteiger partial charge in [-0.15, -0.1) is 0 Å². The van der Waals surface area contributed by atoms with Crippen LogP contribution in [-0.4, -0.2) is 22.4 Å². The van der Waals surface area contributed by atoms with Crippen molar-refractivity contribution in [3.05, 3.63) is 102 Å². The Labute approximate surface area is 195 Å². The van der Waals surface area contributed by atoms with Gasteiger partial charge in [-0.2, -0.15) is 0 Å². The third-order valence-electron chi connectivity index (χ3n) is 5.71. The van der Waals surface area contributed by atoms with Gasteiger partial charge >= 0.3 is 0 Å². The molecule has 0 radical (unpaired) electrons. The van der Waals surface area contributed by atoms with Crippen molar-refractivity contribution < 1.29 is 0 Å². The number of nitrogens with one attached hydrogen (secondary N) is 1. The van der Waals surface area contributed by atoms with Gasteiger partial charge in [0.25, 0.3) is 0 Å². The van der Waals surface area contributed by atoms with Gasteiger partial charge in [0.05, 0.1) is 16.8 Å². The van der Waals surface area contributed by atoms with Crippen LogP contribution in [0.4, 0.5) is 0 Å². The van der Waals surface area contributed by atoms with Gasteiger partial charge in [0.2, 0.25) is 0 Å². The fraction of sp³-hybridized carbons (Fsp3) is 0.172. The van der Waals surface area contributed by atoms with E-state index in [9.17, 15) is 0 Å². The van der Waals surface area contributed by atoms with Crippen LogP contribution >= 0.6 is 0 Å². The molecule has 0 spiro atoms. The van der Waals surface area contributed by atoms with E-state index in [0.717, 1.165) is 47.0 Å². The van der Waals surface area contributed by atoms with Gasteiger partial charge < -0.3 is 5.41 Å². The number of fused-ring (bicyclic) bond motifs is 1. The number of aromatic nitrogens is 2. The molecule has 33 heavy (non-hydrogen) atoms. The van der Waals surface area contributed by atoms with Crippen LogP contribution in [0.25, 0.3) is 27.6 Å². The fourth-order valence-corrected chi connectivity index (χ4v) is 4.01. The number of aliphatic imine (C=N–C) groups is 1. The molecule has 4 aromatic rings. The summed E-state index contributed by atoms with van der Waals surface area (Å²) in [7, 11) is 0. The van der Waals surface area contributed by atoms with Crippen LogP contribution in [0.3, 0.4) is 0 Å². The van der Waals surface area contributed by atoms with Crippen molar-refractivity contribution in [2.45, 2.75) is 33.1 Å². The van der Waals surface area contributed by atoms with Crippen molar-refractivity contribution >= 4 is 28.9 Å². The van der Waals surface area contributed by atoms with E-state index >= 15 is 0 Å². The fourth-order valence-electron chi connectivity index (χ4n) is 4.01. The lowest BCUT2D eigenvalue weighted by atomic mass is 9.96. The Balaban J connectivity index is 1.86. The molecular formula is C29H28N4. The minimum Gasteiger partial charge on any atom is -0.308 e. The quantitative estimate of drug-likeness (QED) is 0.314. The molecule has 0 bridgehead atoms. The van der Waals surface area contributed by atoms with Crippen molar-refractivity contribution in [2.75, 3.05) is 0 Å². The topological polar surface area (TPSA) is 62.0 Å². The molecule has 4 heteroatoms. The maximum absolute atomic E-state index is 7.87. The molecule has 0 aliphatic heterocycles. The second kappa shape index (κ2) is 10.6. The molecule has 1 N–H and O–H groups in total. The highest BCUT2D eigenvalue weighted by molar-refractivity contribution is 6.07. The number of aryl methyl sites for hydroxylation is 3. The van der Waals surface area contributed by atoms with E-state index in [1.54, 1.807) is 12.4 Å². The van der Waals surface area contributed by atoms with Crippen LogP contribution in [0.5, 0.6) is 0 Å². The molecule has 3 aromatic carbocycles. The Morgan fingerprint density at radius 3 is 2.45 bits per heavy atom. The number of hydrogen-bond acceptors (Lipinski definition) is 4. The lowest BCUT2D eigenvalue weighted by molar-refractivity contribution is 0.908. The normalized spacial score (nSPS) is 11.9. The summed E-state index contributed by atoms with van der Waals surface area (Å²) >= 11 is 0. The summed E-state index contributed by atoms with van der Waals surface area (Å²) < 4.78 is 0. The minimum absolute atomic E-state index is 0.533. The number of hydrogen-bond donors (Lipinski definition) is 1. The summed E-state index contributed by atoms with van der Waals surface area (Å²) in [6.45, 7) is 4.03. The summed E-state index contributed by atoms with van der Waals surface area (Å²) in [5.41, 5.74) is 7.39. The monoisotopic (exact) mass is 432 g/mol. The van der Waals surface area contributed by atoms with E-state index in [1.165, 1.54) is 17.3 Å². The maximum atomic E-state index is 7.87. The zero-order valence-electron chi connectivity index (χ0n) is 19.1. The molecule has 0 amide bonds. The molecule has 164 valence electrons. The number of rotatable bonds is 8. The SMILES string of the molecule is CC=N/C=C(\C=N)c1nc(CCc2cccc(CC)c2)c2c(-c3ccccc3)cccc2n1. The Morgan fingerprint density at radius 2 is 1.70 bits per heavy atom. The minimum atomic E-state index is 0.533. The first kappa shape index (κ1) is 22.3. The molecule has 0 saturated heterocycles. The van der Waals surface area contributed by atoms with E-state index in [4.69, 9.17) is 15.4 Å². The Morgan fingerprint density at radius 1 is 0.909 bits per heavy atom. The molecule has 1 aromatic heterocycles. The van der Waals surface area contributed by atoms with Crippen molar-refractivity contribution in [2.24, 2.45) is 4.99 Å². The van der Waals surface area contributed by atoms with Crippen LogP contribution in [-0.2, 0) is 19.3 Å². The number of benzene rings is 3. The highest BCUT2D eigenvalue weighted by Crippen LogP contribution is 2.31. The lowest BCUT2D eigenvalue weighted by Gasteiger charge is -2.13. The maximum Gasteiger partial charge on any atom is 0.163 e. The zero-order valence-corrected chi connectivity index (χ0v) is 19.1. The number of nitrogens with zero attached hydrogens (tertiary/aromatic N) is 3. The summed E-state index contributed by atoms with van der Waals surface area (Å²) in [4.78, 5) is 14.0. The van der Waals surface area contributed by atoms with Crippen molar-refractivity contribution in [1.82, 2.24) is 9.97 Å². The molecule has 0 saturated carbocycles. The molecule has 4 rings (SSSR count). The van der Waals surface area contributed by atoms with E-state index in [1.807, 2.05) is 25.1 Å². The molecule has 0 aliphatic rings. The van der Waals surface area contributed by atoms with Crippen molar-refractivity contribution in [3.8, 4) is 11.1 Å². The van der Waals surface area contributed by atoms with Gasteiger partial charge in [-0.25, -0.2) is 9.97 Å². The highest BCUT2D eigenvalue weighted by atomic mass is 14.9. The van der Waals surface area contributed by atoms with Crippen LogP contribution in [0.1, 0.15) is 36.5 Å². The Hall–Kier alpha value is -3.92. The smallest absolute Gasteiger partial charge is 0.163 e. The van der Waals surface area contributed by atoms with Crippen molar-refractivity contribution in [1.29, 1.82) is 5.41 Å². The van der Waals surface area contributed by atoms with Gasteiger partial charge in [0.1, 0.15) is 0 Å². The average Bonchev–Trinajstić information content (AvgIpc) is 2.88. The third-order valence-corrected chi connectivity index (χ3v) is 5.71. The first-order chi connectivity index (χ1) is 16.2. The molecule has 0 aliphatic carbocycles. The largest absolute Gasteiger partial charge is 0.308 e. The molecule has 0 atom stereocenters. The summed E-state index contributed by atoms with van der Waals surface area (Å²) in [6.07, 6.45) is 7.30. The van der Waals surface area contributed by atoms with Gasteiger partial charge in [-0.1, -0.05) is 73.7 Å². The molecule has 0 fully saturated rings. The van der Waals surface area contributed by atoms with Crippen molar-refractivity contribution in [3.63, 3.8) is 0 Å². The van der Waals surface area contributed by atoms with E-state index < -0.39 is 0 Å². The van der Waals surface area contributed by atoms with Gasteiger partial charge in [0, 0.05) is 24.0 Å². The van der Waals surface area contributed by atoms with Crippen LogP contribution in [0, 0.1) is 5.41 Å².